The lowest BCUT2D eigenvalue weighted by Crippen LogP contribution is -2.30. The van der Waals surface area contributed by atoms with E-state index >= 15 is 0 Å². The number of hydrogen-bond donors (Lipinski definition) is 2. The standard InChI is InChI=1S/C10H15NO6S/c1-4-8(6-11-9(12)5-2)7(3)10(13)17-18(14,15)16/h5,8H,2-4,6H2,1H3,(H,11,12)(H,14,15,16). The number of hydrogen-bond acceptors (Lipinski definition) is 5. The van der Waals surface area contributed by atoms with Gasteiger partial charge in [0.25, 0.3) is 0 Å². The summed E-state index contributed by atoms with van der Waals surface area (Å²) in [7, 11) is -4.86. The quantitative estimate of drug-likeness (QED) is 0.508. The summed E-state index contributed by atoms with van der Waals surface area (Å²) >= 11 is 0. The van der Waals surface area contributed by atoms with E-state index in [4.69, 9.17) is 4.55 Å². The molecule has 0 aromatic carbocycles. The lowest BCUT2D eigenvalue weighted by molar-refractivity contribution is -0.131. The Kier molecular flexibility index (Phi) is 6.28. The van der Waals surface area contributed by atoms with E-state index < -0.39 is 28.2 Å². The zero-order chi connectivity index (χ0) is 14.3. The zero-order valence-corrected chi connectivity index (χ0v) is 10.7. The molecule has 18 heavy (non-hydrogen) atoms. The van der Waals surface area contributed by atoms with Gasteiger partial charge in [-0.15, -0.1) is 0 Å². The second-order valence-electron chi connectivity index (χ2n) is 3.38. The lowest BCUT2D eigenvalue weighted by atomic mass is 9.98. The fourth-order valence-electron chi connectivity index (χ4n) is 1.13. The molecular formula is C10H15NO6S. The molecule has 0 aliphatic heterocycles. The van der Waals surface area contributed by atoms with Crippen molar-refractivity contribution in [2.45, 2.75) is 13.3 Å². The van der Waals surface area contributed by atoms with Crippen LogP contribution < -0.4 is 5.32 Å². The van der Waals surface area contributed by atoms with Crippen molar-refractivity contribution in [2.24, 2.45) is 5.92 Å². The number of nitrogens with one attached hydrogen (secondary N) is 1. The van der Waals surface area contributed by atoms with Gasteiger partial charge >= 0.3 is 16.4 Å². The van der Waals surface area contributed by atoms with Crippen LogP contribution in [0.5, 0.6) is 0 Å². The third-order valence-corrected chi connectivity index (χ3v) is 2.50. The Bertz CT molecular complexity index is 453. The van der Waals surface area contributed by atoms with Crippen LogP contribution in [0.25, 0.3) is 0 Å². The fraction of sp³-hybridized carbons (Fsp3) is 0.400. The molecule has 2 N–H and O–H groups in total. The first-order valence-corrected chi connectivity index (χ1v) is 6.38. The lowest BCUT2D eigenvalue weighted by Gasteiger charge is -2.16. The predicted molar refractivity (Wildman–Crippen MR) is 63.8 cm³/mol. The van der Waals surface area contributed by atoms with Crippen LogP contribution in [0, 0.1) is 5.92 Å². The first-order chi connectivity index (χ1) is 8.21. The fourth-order valence-corrected chi connectivity index (χ4v) is 1.42. The molecule has 0 aromatic rings. The molecule has 0 saturated carbocycles. The summed E-state index contributed by atoms with van der Waals surface area (Å²) in [5.74, 6) is -2.18. The highest BCUT2D eigenvalue weighted by atomic mass is 32.3. The zero-order valence-electron chi connectivity index (χ0n) is 9.88. The van der Waals surface area contributed by atoms with Gasteiger partial charge in [0.05, 0.1) is 0 Å². The van der Waals surface area contributed by atoms with Gasteiger partial charge in [-0.2, -0.15) is 8.42 Å². The van der Waals surface area contributed by atoms with Gasteiger partial charge in [-0.1, -0.05) is 20.1 Å². The van der Waals surface area contributed by atoms with E-state index in [0.29, 0.717) is 6.42 Å². The Balaban J connectivity index is 4.56. The first-order valence-electron chi connectivity index (χ1n) is 5.01. The van der Waals surface area contributed by atoms with Crippen LogP contribution in [-0.4, -0.2) is 31.4 Å². The Morgan fingerprint density at radius 1 is 1.50 bits per heavy atom. The Hall–Kier alpha value is -1.67. The Morgan fingerprint density at radius 2 is 2.06 bits per heavy atom. The molecule has 1 unspecified atom stereocenters. The van der Waals surface area contributed by atoms with Crippen molar-refractivity contribution in [1.82, 2.24) is 5.32 Å². The van der Waals surface area contributed by atoms with Crippen LogP contribution in [0.2, 0.25) is 0 Å². The molecule has 0 spiro atoms. The Morgan fingerprint density at radius 3 is 2.44 bits per heavy atom. The van der Waals surface area contributed by atoms with Crippen LogP contribution in [0.3, 0.4) is 0 Å². The molecule has 0 aliphatic rings. The maximum absolute atomic E-state index is 11.3. The van der Waals surface area contributed by atoms with Crippen LogP contribution in [0.1, 0.15) is 13.3 Å². The van der Waals surface area contributed by atoms with Crippen molar-refractivity contribution in [3.63, 3.8) is 0 Å². The highest BCUT2D eigenvalue weighted by Crippen LogP contribution is 2.14. The number of carbonyl (C=O) groups excluding carboxylic acids is 2. The maximum Gasteiger partial charge on any atom is 0.449 e. The molecule has 0 bridgehead atoms. The van der Waals surface area contributed by atoms with Crippen molar-refractivity contribution in [3.8, 4) is 0 Å². The number of rotatable bonds is 7. The molecule has 0 fully saturated rings. The average molecular weight is 277 g/mol. The van der Waals surface area contributed by atoms with Crippen molar-refractivity contribution in [2.75, 3.05) is 6.54 Å². The van der Waals surface area contributed by atoms with Gasteiger partial charge in [-0.3, -0.25) is 9.35 Å². The van der Waals surface area contributed by atoms with E-state index in [-0.39, 0.29) is 12.1 Å². The summed E-state index contributed by atoms with van der Waals surface area (Å²) in [6, 6.07) is 0. The number of amides is 1. The van der Waals surface area contributed by atoms with Gasteiger partial charge in [-0.25, -0.2) is 4.79 Å². The summed E-state index contributed by atoms with van der Waals surface area (Å²) in [5.41, 5.74) is -0.153. The number of carbonyl (C=O) groups is 2. The Labute approximate surface area is 105 Å². The van der Waals surface area contributed by atoms with E-state index in [2.05, 4.69) is 22.7 Å². The first kappa shape index (κ1) is 16.3. The molecule has 0 rings (SSSR count). The molecule has 0 heterocycles. The van der Waals surface area contributed by atoms with Crippen LogP contribution >= 0.6 is 0 Å². The van der Waals surface area contributed by atoms with Crippen molar-refractivity contribution < 1.29 is 26.7 Å². The van der Waals surface area contributed by atoms with Gasteiger partial charge in [0.15, 0.2) is 0 Å². The third kappa shape index (κ3) is 6.16. The average Bonchev–Trinajstić information content (AvgIpc) is 2.26. The van der Waals surface area contributed by atoms with E-state index in [1.165, 1.54) is 0 Å². The molecule has 1 atom stereocenters. The van der Waals surface area contributed by atoms with Crippen LogP contribution in [-0.2, 0) is 24.2 Å². The molecule has 0 saturated heterocycles. The highest BCUT2D eigenvalue weighted by molar-refractivity contribution is 7.81. The van der Waals surface area contributed by atoms with Crippen LogP contribution in [0.4, 0.5) is 0 Å². The van der Waals surface area contributed by atoms with Crippen molar-refractivity contribution in [1.29, 1.82) is 0 Å². The minimum absolute atomic E-state index is 0.0841. The van der Waals surface area contributed by atoms with Gasteiger partial charge in [-0.05, 0) is 12.5 Å². The summed E-state index contributed by atoms with van der Waals surface area (Å²) < 4.78 is 32.8. The van der Waals surface area contributed by atoms with Gasteiger partial charge in [0, 0.05) is 18.0 Å². The molecule has 0 aliphatic carbocycles. The van der Waals surface area contributed by atoms with Gasteiger partial charge in [0.1, 0.15) is 0 Å². The third-order valence-electron chi connectivity index (χ3n) is 2.14. The predicted octanol–water partition coefficient (Wildman–Crippen LogP) is 0.217. The molecule has 0 aromatic heterocycles. The SMILES string of the molecule is C=CC(=O)NCC(CC)C(=C)C(=O)OS(=O)(=O)O. The topological polar surface area (TPSA) is 110 Å². The summed E-state index contributed by atoms with van der Waals surface area (Å²) in [5, 5.41) is 2.44. The second-order valence-corrected chi connectivity index (χ2v) is 4.40. The summed E-state index contributed by atoms with van der Waals surface area (Å²) in [6.07, 6.45) is 1.49. The monoisotopic (exact) mass is 277 g/mol. The molecule has 0 radical (unpaired) electrons. The minimum Gasteiger partial charge on any atom is -0.352 e. The minimum atomic E-state index is -4.86. The highest BCUT2D eigenvalue weighted by Gasteiger charge is 2.23. The summed E-state index contributed by atoms with van der Waals surface area (Å²) in [6.45, 7) is 8.44. The van der Waals surface area contributed by atoms with Crippen molar-refractivity contribution >= 4 is 22.3 Å². The van der Waals surface area contributed by atoms with E-state index in [9.17, 15) is 18.0 Å². The molecular weight excluding hydrogens is 262 g/mol. The summed E-state index contributed by atoms with van der Waals surface area (Å²) in [4.78, 5) is 22.2. The van der Waals surface area contributed by atoms with Crippen molar-refractivity contribution in [3.05, 3.63) is 24.8 Å². The second kappa shape index (κ2) is 6.92. The van der Waals surface area contributed by atoms with Gasteiger partial charge < -0.3 is 9.50 Å². The molecule has 7 nitrogen and oxygen atoms in total. The van der Waals surface area contributed by atoms with E-state index in [1.54, 1.807) is 6.92 Å². The molecule has 102 valence electrons. The smallest absolute Gasteiger partial charge is 0.352 e. The van der Waals surface area contributed by atoms with Gasteiger partial charge in [0.2, 0.25) is 5.91 Å². The molecule has 8 heteroatoms. The molecule has 1 amide bonds. The van der Waals surface area contributed by atoms with Crippen LogP contribution in [0.15, 0.2) is 24.8 Å². The normalized spacial score (nSPS) is 12.3. The van der Waals surface area contributed by atoms with E-state index in [0.717, 1.165) is 6.08 Å². The largest absolute Gasteiger partial charge is 0.449 e. The maximum atomic E-state index is 11.3. The van der Waals surface area contributed by atoms with E-state index in [1.807, 2.05) is 0 Å².